The molecular weight excluding hydrogens is 208 g/mol. The molecule has 1 fully saturated rings. The predicted molar refractivity (Wildman–Crippen MR) is 47.9 cm³/mol. The minimum atomic E-state index is -0.0370. The van der Waals surface area contributed by atoms with Crippen molar-refractivity contribution in [1.29, 1.82) is 0 Å². The molecule has 0 aliphatic carbocycles. The molecule has 0 aromatic carbocycles. The van der Waals surface area contributed by atoms with Gasteiger partial charge >= 0.3 is 0 Å². The summed E-state index contributed by atoms with van der Waals surface area (Å²) in [7, 11) is 1.70. The zero-order valence-corrected chi connectivity index (χ0v) is 8.85. The normalized spacial score (nSPS) is 36.0. The maximum Gasteiger partial charge on any atom is 0.162 e. The van der Waals surface area contributed by atoms with Gasteiger partial charge in [-0.15, -0.1) is 0 Å². The van der Waals surface area contributed by atoms with E-state index in [0.717, 1.165) is 11.8 Å². The molecular formula is C8H15BrO2. The topological polar surface area (TPSA) is 18.5 Å². The first-order chi connectivity index (χ1) is 5.10. The number of hydrogen-bond acceptors (Lipinski definition) is 2. The third-order valence-corrected chi connectivity index (χ3v) is 2.82. The van der Waals surface area contributed by atoms with Gasteiger partial charge in [0.2, 0.25) is 0 Å². The van der Waals surface area contributed by atoms with Gasteiger partial charge in [0.15, 0.2) is 6.29 Å². The standard InChI is InChI=1S/C8H15BrO2/c1-8(2)4-6(5-9)11-7(8)10-3/h6-7H,4-5H2,1-3H3/t6-,7+/m1/s1. The van der Waals surface area contributed by atoms with E-state index < -0.39 is 0 Å². The molecule has 0 aromatic rings. The van der Waals surface area contributed by atoms with E-state index in [1.165, 1.54) is 0 Å². The van der Waals surface area contributed by atoms with Crippen molar-refractivity contribution in [2.75, 3.05) is 12.4 Å². The van der Waals surface area contributed by atoms with Crippen LogP contribution >= 0.6 is 15.9 Å². The van der Waals surface area contributed by atoms with Gasteiger partial charge in [-0.25, -0.2) is 0 Å². The molecule has 0 aromatic heterocycles. The zero-order valence-electron chi connectivity index (χ0n) is 7.26. The van der Waals surface area contributed by atoms with Crippen LogP contribution < -0.4 is 0 Å². The van der Waals surface area contributed by atoms with Crippen LogP contribution in [-0.4, -0.2) is 24.8 Å². The van der Waals surface area contributed by atoms with Gasteiger partial charge in [0.1, 0.15) is 0 Å². The number of alkyl halides is 1. The van der Waals surface area contributed by atoms with Crippen LogP contribution in [0.5, 0.6) is 0 Å². The van der Waals surface area contributed by atoms with Crippen molar-refractivity contribution in [2.24, 2.45) is 5.41 Å². The molecule has 1 aliphatic rings. The lowest BCUT2D eigenvalue weighted by atomic mass is 9.89. The first-order valence-electron chi connectivity index (χ1n) is 3.84. The quantitative estimate of drug-likeness (QED) is 0.668. The van der Waals surface area contributed by atoms with Crippen LogP contribution in [0.15, 0.2) is 0 Å². The van der Waals surface area contributed by atoms with Gasteiger partial charge in [0, 0.05) is 17.9 Å². The van der Waals surface area contributed by atoms with Crippen molar-refractivity contribution < 1.29 is 9.47 Å². The highest BCUT2D eigenvalue weighted by Gasteiger charge is 2.41. The minimum Gasteiger partial charge on any atom is -0.355 e. The monoisotopic (exact) mass is 222 g/mol. The summed E-state index contributed by atoms with van der Waals surface area (Å²) in [6.45, 7) is 4.34. The van der Waals surface area contributed by atoms with Crippen molar-refractivity contribution >= 4 is 15.9 Å². The van der Waals surface area contributed by atoms with E-state index in [0.29, 0.717) is 6.10 Å². The van der Waals surface area contributed by atoms with Crippen LogP contribution in [0.25, 0.3) is 0 Å². The van der Waals surface area contributed by atoms with Gasteiger partial charge < -0.3 is 9.47 Å². The molecule has 3 heteroatoms. The van der Waals surface area contributed by atoms with Crippen molar-refractivity contribution in [3.63, 3.8) is 0 Å². The third kappa shape index (κ3) is 1.95. The molecule has 0 amide bonds. The Balaban J connectivity index is 2.55. The van der Waals surface area contributed by atoms with Gasteiger partial charge in [0.05, 0.1) is 6.10 Å². The summed E-state index contributed by atoms with van der Waals surface area (Å²) in [5.74, 6) is 0. The number of hydrogen-bond donors (Lipinski definition) is 0. The van der Waals surface area contributed by atoms with E-state index in [2.05, 4.69) is 29.8 Å². The number of methoxy groups -OCH3 is 1. The Kier molecular flexibility index (Phi) is 2.95. The summed E-state index contributed by atoms with van der Waals surface area (Å²) in [5, 5.41) is 0.899. The lowest BCUT2D eigenvalue weighted by Crippen LogP contribution is -2.25. The lowest BCUT2D eigenvalue weighted by molar-refractivity contribution is -0.146. The molecule has 1 aliphatic heterocycles. The van der Waals surface area contributed by atoms with Crippen LogP contribution in [0.4, 0.5) is 0 Å². The van der Waals surface area contributed by atoms with Gasteiger partial charge in [-0.2, -0.15) is 0 Å². The number of rotatable bonds is 2. The van der Waals surface area contributed by atoms with Crippen LogP contribution in [0.1, 0.15) is 20.3 Å². The molecule has 1 heterocycles. The third-order valence-electron chi connectivity index (χ3n) is 2.09. The van der Waals surface area contributed by atoms with Crippen LogP contribution in [0.3, 0.4) is 0 Å². The Hall–Kier alpha value is 0.400. The first-order valence-corrected chi connectivity index (χ1v) is 4.96. The average Bonchev–Trinajstić information content (AvgIpc) is 2.24. The fourth-order valence-corrected chi connectivity index (χ4v) is 1.94. The summed E-state index contributed by atoms with van der Waals surface area (Å²) in [6, 6.07) is 0. The lowest BCUT2D eigenvalue weighted by Gasteiger charge is -2.22. The summed E-state index contributed by atoms with van der Waals surface area (Å²) < 4.78 is 10.8. The molecule has 0 saturated carbocycles. The van der Waals surface area contributed by atoms with E-state index in [-0.39, 0.29) is 11.7 Å². The van der Waals surface area contributed by atoms with Gasteiger partial charge in [-0.3, -0.25) is 0 Å². The summed E-state index contributed by atoms with van der Waals surface area (Å²) >= 11 is 3.40. The maximum atomic E-state index is 5.61. The highest BCUT2D eigenvalue weighted by molar-refractivity contribution is 9.09. The molecule has 66 valence electrons. The van der Waals surface area contributed by atoms with Gasteiger partial charge in [-0.05, 0) is 6.42 Å². The fourth-order valence-electron chi connectivity index (χ4n) is 1.56. The van der Waals surface area contributed by atoms with E-state index in [9.17, 15) is 0 Å². The van der Waals surface area contributed by atoms with E-state index >= 15 is 0 Å². The van der Waals surface area contributed by atoms with Gasteiger partial charge in [0.25, 0.3) is 0 Å². The van der Waals surface area contributed by atoms with Crippen molar-refractivity contribution in [3.05, 3.63) is 0 Å². The van der Waals surface area contributed by atoms with Crippen LogP contribution in [0.2, 0.25) is 0 Å². The molecule has 2 atom stereocenters. The Labute approximate surface area is 76.4 Å². The van der Waals surface area contributed by atoms with Crippen molar-refractivity contribution in [1.82, 2.24) is 0 Å². The Bertz CT molecular complexity index is 136. The number of halogens is 1. The molecule has 0 unspecified atom stereocenters. The van der Waals surface area contributed by atoms with E-state index in [1.807, 2.05) is 0 Å². The summed E-state index contributed by atoms with van der Waals surface area (Å²) in [5.41, 5.74) is 0.160. The van der Waals surface area contributed by atoms with Crippen molar-refractivity contribution in [2.45, 2.75) is 32.7 Å². The average molecular weight is 223 g/mol. The molecule has 0 radical (unpaired) electrons. The summed E-state index contributed by atoms with van der Waals surface area (Å²) in [4.78, 5) is 0. The zero-order chi connectivity index (χ0) is 8.48. The SMILES string of the molecule is CO[C@H]1O[C@@H](CBr)CC1(C)C. The number of ether oxygens (including phenoxy) is 2. The Morgan fingerprint density at radius 3 is 2.55 bits per heavy atom. The fraction of sp³-hybridized carbons (Fsp3) is 1.00. The molecule has 1 rings (SSSR count). The molecule has 0 bridgehead atoms. The molecule has 0 spiro atoms. The predicted octanol–water partition coefficient (Wildman–Crippen LogP) is 2.17. The van der Waals surface area contributed by atoms with E-state index in [4.69, 9.17) is 9.47 Å². The van der Waals surface area contributed by atoms with Crippen LogP contribution in [-0.2, 0) is 9.47 Å². The Morgan fingerprint density at radius 2 is 2.27 bits per heavy atom. The van der Waals surface area contributed by atoms with E-state index in [1.54, 1.807) is 7.11 Å². The van der Waals surface area contributed by atoms with Crippen LogP contribution in [0, 0.1) is 5.41 Å². The Morgan fingerprint density at radius 1 is 1.64 bits per heavy atom. The highest BCUT2D eigenvalue weighted by atomic mass is 79.9. The smallest absolute Gasteiger partial charge is 0.162 e. The summed E-state index contributed by atoms with van der Waals surface area (Å²) in [6.07, 6.45) is 1.34. The minimum absolute atomic E-state index is 0.0370. The molecule has 0 N–H and O–H groups in total. The second-order valence-electron chi connectivity index (χ2n) is 3.67. The molecule has 1 saturated heterocycles. The second-order valence-corrected chi connectivity index (χ2v) is 4.32. The first kappa shape index (κ1) is 9.49. The van der Waals surface area contributed by atoms with Gasteiger partial charge in [-0.1, -0.05) is 29.8 Å². The van der Waals surface area contributed by atoms with Crippen molar-refractivity contribution in [3.8, 4) is 0 Å². The molecule has 11 heavy (non-hydrogen) atoms. The maximum absolute atomic E-state index is 5.61. The molecule has 2 nitrogen and oxygen atoms in total. The largest absolute Gasteiger partial charge is 0.355 e. The second kappa shape index (κ2) is 3.42. The highest BCUT2D eigenvalue weighted by Crippen LogP contribution is 2.38.